The second-order valence-corrected chi connectivity index (χ2v) is 12.0. The minimum absolute atomic E-state index is 0.620. The first-order chi connectivity index (χ1) is 22.0. The van der Waals surface area contributed by atoms with E-state index in [1.54, 1.807) is 0 Å². The highest BCUT2D eigenvalue weighted by atomic mass is 35.5. The van der Waals surface area contributed by atoms with Gasteiger partial charge in [0.05, 0.1) is 33.7 Å². The summed E-state index contributed by atoms with van der Waals surface area (Å²) in [6, 6.07) is 39.5. The Balaban J connectivity index is 1.36. The number of hydrogen-bond acceptors (Lipinski definition) is 3. The zero-order valence-electron chi connectivity index (χ0n) is 25.3. The third-order valence-corrected chi connectivity index (χ3v) is 8.61. The van der Waals surface area contributed by atoms with Crippen LogP contribution in [0.15, 0.2) is 109 Å². The molecule has 0 aliphatic heterocycles. The number of hydrogen-bond donors (Lipinski definition) is 0. The summed E-state index contributed by atoms with van der Waals surface area (Å²) < 4.78 is 4.59. The molecule has 0 saturated carbocycles. The van der Waals surface area contributed by atoms with Gasteiger partial charge in [-0.1, -0.05) is 91.3 Å². The molecule has 0 spiro atoms. The highest BCUT2D eigenvalue weighted by molar-refractivity contribution is 6.31. The molecule has 7 rings (SSSR count). The average molecular weight is 606 g/mol. The number of imidazole rings is 2. The van der Waals surface area contributed by atoms with Crippen LogP contribution in [0.1, 0.15) is 41.4 Å². The van der Waals surface area contributed by atoms with Gasteiger partial charge in [0, 0.05) is 30.1 Å². The van der Waals surface area contributed by atoms with Crippen molar-refractivity contribution < 1.29 is 0 Å². The van der Waals surface area contributed by atoms with E-state index in [-0.39, 0.29) is 0 Å². The van der Waals surface area contributed by atoms with Crippen LogP contribution in [-0.2, 0) is 19.5 Å². The molecule has 6 heteroatoms. The quantitative estimate of drug-likeness (QED) is 0.173. The average Bonchev–Trinajstić information content (AvgIpc) is 3.59. The van der Waals surface area contributed by atoms with E-state index in [0.29, 0.717) is 23.7 Å². The molecule has 5 aromatic carbocycles. The van der Waals surface area contributed by atoms with E-state index < -0.39 is 0 Å². The molecule has 0 N–H and O–H groups in total. The van der Waals surface area contributed by atoms with Crippen LogP contribution in [0.3, 0.4) is 0 Å². The second-order valence-electron chi connectivity index (χ2n) is 11.5. The van der Waals surface area contributed by atoms with Crippen molar-refractivity contribution in [2.24, 2.45) is 0 Å². The Morgan fingerprint density at radius 1 is 0.733 bits per heavy atom. The lowest BCUT2D eigenvalue weighted by Crippen LogP contribution is -2.06. The summed E-state index contributed by atoms with van der Waals surface area (Å²) in [5, 5.41) is 10.7. The molecule has 0 saturated heterocycles. The van der Waals surface area contributed by atoms with Gasteiger partial charge in [-0.2, -0.15) is 5.26 Å². The molecular formula is C39H32ClN5. The van der Waals surface area contributed by atoms with Gasteiger partial charge < -0.3 is 9.13 Å². The number of fused-ring (bicyclic) bond motifs is 2. The number of rotatable bonds is 8. The van der Waals surface area contributed by atoms with E-state index in [1.807, 2.05) is 54.6 Å². The Kier molecular flexibility index (Phi) is 7.67. The Labute approximate surface area is 268 Å². The van der Waals surface area contributed by atoms with E-state index >= 15 is 0 Å². The number of benzene rings is 5. The molecule has 2 aromatic heterocycles. The third kappa shape index (κ3) is 5.50. The largest absolute Gasteiger partial charge is 0.323 e. The van der Waals surface area contributed by atoms with E-state index in [1.165, 1.54) is 5.56 Å². The maximum atomic E-state index is 10.1. The van der Waals surface area contributed by atoms with Gasteiger partial charge in [-0.3, -0.25) is 0 Å². The maximum absolute atomic E-state index is 10.1. The summed E-state index contributed by atoms with van der Waals surface area (Å²) in [6.45, 7) is 5.62. The fourth-order valence-corrected chi connectivity index (χ4v) is 6.41. The zero-order valence-corrected chi connectivity index (χ0v) is 26.1. The standard InChI is InChI=1S/C39H32ClN5/c1-3-10-37-43-38-26(2)19-30(39-42-34-22-32(40)16-18-35(34)45(39)24-27-11-6-4-7-12-27)21-36(38)44(37)25-28-15-17-33(31(20-28)23-41)29-13-8-5-9-14-29/h4-9,11-22H,3,10,24-25H2,1-2H3. The Bertz CT molecular complexity index is 2200. The summed E-state index contributed by atoms with van der Waals surface area (Å²) in [4.78, 5) is 10.3. The molecule has 0 radical (unpaired) electrons. The smallest absolute Gasteiger partial charge is 0.141 e. The summed E-state index contributed by atoms with van der Waals surface area (Å²) in [6.07, 6.45) is 1.85. The second kappa shape index (κ2) is 12.1. The minimum atomic E-state index is 0.620. The van der Waals surface area contributed by atoms with Crippen LogP contribution in [-0.4, -0.2) is 19.1 Å². The summed E-state index contributed by atoms with van der Waals surface area (Å²) in [7, 11) is 0. The minimum Gasteiger partial charge on any atom is -0.323 e. The molecule has 0 unspecified atom stereocenters. The molecular weight excluding hydrogens is 574 g/mol. The number of aromatic nitrogens is 4. The fourth-order valence-electron chi connectivity index (χ4n) is 6.24. The molecule has 0 aliphatic carbocycles. The van der Waals surface area contributed by atoms with E-state index in [9.17, 15) is 5.26 Å². The Morgan fingerprint density at radius 2 is 1.49 bits per heavy atom. The first-order valence-corrected chi connectivity index (χ1v) is 15.7. The van der Waals surface area contributed by atoms with Crippen LogP contribution in [0.2, 0.25) is 5.02 Å². The molecule has 0 bridgehead atoms. The van der Waals surface area contributed by atoms with Gasteiger partial charge in [-0.15, -0.1) is 0 Å². The summed E-state index contributed by atoms with van der Waals surface area (Å²) in [5.74, 6) is 1.94. The van der Waals surface area contributed by atoms with Crippen LogP contribution in [0.4, 0.5) is 0 Å². The molecule has 45 heavy (non-hydrogen) atoms. The number of aryl methyl sites for hydroxylation is 2. The van der Waals surface area contributed by atoms with Gasteiger partial charge >= 0.3 is 0 Å². The monoisotopic (exact) mass is 605 g/mol. The predicted octanol–water partition coefficient (Wildman–Crippen LogP) is 9.60. The van der Waals surface area contributed by atoms with Gasteiger partial charge in [0.1, 0.15) is 11.6 Å². The van der Waals surface area contributed by atoms with Gasteiger partial charge in [0.2, 0.25) is 0 Å². The van der Waals surface area contributed by atoms with E-state index in [2.05, 4.69) is 83.6 Å². The normalized spacial score (nSPS) is 11.3. The number of nitrogens with zero attached hydrogens (tertiary/aromatic N) is 5. The number of halogens is 1. The van der Waals surface area contributed by atoms with E-state index in [4.69, 9.17) is 21.6 Å². The van der Waals surface area contributed by atoms with Crippen molar-refractivity contribution in [3.05, 3.63) is 142 Å². The van der Waals surface area contributed by atoms with Crippen LogP contribution < -0.4 is 0 Å². The lowest BCUT2D eigenvalue weighted by atomic mass is 9.98. The van der Waals surface area contributed by atoms with Crippen molar-refractivity contribution in [1.82, 2.24) is 19.1 Å². The van der Waals surface area contributed by atoms with Crippen molar-refractivity contribution in [3.63, 3.8) is 0 Å². The summed E-state index contributed by atoms with van der Waals surface area (Å²) >= 11 is 6.41. The number of nitriles is 1. The van der Waals surface area contributed by atoms with Crippen LogP contribution in [0.25, 0.3) is 44.6 Å². The van der Waals surface area contributed by atoms with Crippen LogP contribution in [0, 0.1) is 18.3 Å². The zero-order chi connectivity index (χ0) is 30.9. The van der Waals surface area contributed by atoms with Gasteiger partial charge in [0.25, 0.3) is 0 Å². The lowest BCUT2D eigenvalue weighted by Gasteiger charge is -2.13. The molecule has 0 aliphatic rings. The maximum Gasteiger partial charge on any atom is 0.141 e. The first-order valence-electron chi connectivity index (χ1n) is 15.3. The highest BCUT2D eigenvalue weighted by Crippen LogP contribution is 2.33. The lowest BCUT2D eigenvalue weighted by molar-refractivity contribution is 0.721. The van der Waals surface area contributed by atoms with E-state index in [0.717, 1.165) is 74.4 Å². The van der Waals surface area contributed by atoms with Crippen molar-refractivity contribution in [2.45, 2.75) is 39.8 Å². The van der Waals surface area contributed by atoms with Crippen molar-refractivity contribution in [2.75, 3.05) is 0 Å². The molecule has 2 heterocycles. The molecule has 0 atom stereocenters. The molecule has 0 fully saturated rings. The van der Waals surface area contributed by atoms with Gasteiger partial charge in [-0.25, -0.2) is 9.97 Å². The molecule has 0 amide bonds. The van der Waals surface area contributed by atoms with Gasteiger partial charge in [0.15, 0.2) is 0 Å². The van der Waals surface area contributed by atoms with Crippen molar-refractivity contribution in [1.29, 1.82) is 5.26 Å². The topological polar surface area (TPSA) is 59.4 Å². The predicted molar refractivity (Wildman–Crippen MR) is 183 cm³/mol. The first kappa shape index (κ1) is 28.6. The summed E-state index contributed by atoms with van der Waals surface area (Å²) in [5.41, 5.74) is 11.0. The molecule has 220 valence electrons. The fraction of sp³-hybridized carbons (Fsp3) is 0.154. The highest BCUT2D eigenvalue weighted by Gasteiger charge is 2.19. The Hall–Kier alpha value is -5.18. The molecule has 7 aromatic rings. The Morgan fingerprint density at radius 3 is 2.24 bits per heavy atom. The van der Waals surface area contributed by atoms with Gasteiger partial charge in [-0.05, 0) is 77.6 Å². The van der Waals surface area contributed by atoms with Crippen molar-refractivity contribution in [3.8, 4) is 28.6 Å². The molecule has 5 nitrogen and oxygen atoms in total. The third-order valence-electron chi connectivity index (χ3n) is 8.38. The SMILES string of the molecule is CCCc1nc2c(C)cc(-c3nc4cc(Cl)ccc4n3Cc3ccccc3)cc2n1Cc1ccc(-c2ccccc2)c(C#N)c1. The van der Waals surface area contributed by atoms with Crippen LogP contribution in [0.5, 0.6) is 0 Å². The van der Waals surface area contributed by atoms with Crippen LogP contribution >= 0.6 is 11.6 Å². The van der Waals surface area contributed by atoms with Crippen molar-refractivity contribution >= 4 is 33.7 Å².